The zero-order chi connectivity index (χ0) is 35.3. The van der Waals surface area contributed by atoms with Crippen LogP contribution in [0.2, 0.25) is 0 Å². The Balaban J connectivity index is 1.05. The van der Waals surface area contributed by atoms with Crippen molar-refractivity contribution in [3.63, 3.8) is 0 Å². The highest BCUT2D eigenvalue weighted by Gasteiger charge is 2.17. The summed E-state index contributed by atoms with van der Waals surface area (Å²) in [5.41, 5.74) is 10.5. The molecule has 2 aromatic heterocycles. The second kappa shape index (κ2) is 12.4. The van der Waals surface area contributed by atoms with E-state index >= 15 is 0 Å². The van der Waals surface area contributed by atoms with Crippen LogP contribution in [0.15, 0.2) is 179 Å². The molecule has 0 N–H and O–H groups in total. The molecule has 0 aliphatic rings. The number of hydrogen-bond acceptors (Lipinski definition) is 6. The van der Waals surface area contributed by atoms with Gasteiger partial charge in [0.15, 0.2) is 11.2 Å². The van der Waals surface area contributed by atoms with Gasteiger partial charge in [-0.05, 0) is 130 Å². The Morgan fingerprint density at radius 2 is 0.906 bits per heavy atom. The molecule has 248 valence electrons. The van der Waals surface area contributed by atoms with Gasteiger partial charge in [0.1, 0.15) is 11.0 Å². The van der Waals surface area contributed by atoms with Crippen molar-refractivity contribution in [1.29, 1.82) is 5.26 Å². The van der Waals surface area contributed by atoms with Crippen molar-refractivity contribution in [2.45, 2.75) is 0 Å². The number of benzene rings is 8. The predicted octanol–water partition coefficient (Wildman–Crippen LogP) is 12.6. The molecule has 0 saturated carbocycles. The quantitative estimate of drug-likeness (QED) is 0.174. The van der Waals surface area contributed by atoms with Gasteiger partial charge >= 0.3 is 0 Å². The molecule has 0 fully saturated rings. The van der Waals surface area contributed by atoms with Crippen LogP contribution in [0.5, 0.6) is 0 Å². The minimum absolute atomic E-state index is 0.583. The minimum Gasteiger partial charge on any atom is -0.436 e. The van der Waals surface area contributed by atoms with Crippen LogP contribution in [-0.2, 0) is 0 Å². The summed E-state index contributed by atoms with van der Waals surface area (Å²) in [5, 5.41) is 14.4. The number of nitrogens with zero attached hydrogens (tertiary/aromatic N) is 4. The predicted molar refractivity (Wildman–Crippen MR) is 212 cm³/mol. The lowest BCUT2D eigenvalue weighted by atomic mass is 9.94. The Hall–Kier alpha value is -7.49. The molecule has 6 heteroatoms. The Bertz CT molecular complexity index is 2840. The van der Waals surface area contributed by atoms with E-state index in [0.717, 1.165) is 83.1 Å². The topological polar surface area (TPSA) is 79.1 Å². The zero-order valence-corrected chi connectivity index (χ0v) is 28.3. The highest BCUT2D eigenvalue weighted by atomic mass is 16.4. The highest BCUT2D eigenvalue weighted by molar-refractivity contribution is 5.95. The third-order valence-electron chi connectivity index (χ3n) is 9.73. The summed E-state index contributed by atoms with van der Waals surface area (Å²) in [6.45, 7) is 0. The summed E-state index contributed by atoms with van der Waals surface area (Å²) >= 11 is 0. The summed E-state index contributed by atoms with van der Waals surface area (Å²) in [7, 11) is 0. The Kier molecular flexibility index (Phi) is 7.09. The smallest absolute Gasteiger partial charge is 0.227 e. The van der Waals surface area contributed by atoms with E-state index in [1.54, 1.807) is 0 Å². The third-order valence-corrected chi connectivity index (χ3v) is 9.73. The van der Waals surface area contributed by atoms with Crippen LogP contribution in [0, 0.1) is 11.3 Å². The van der Waals surface area contributed by atoms with Gasteiger partial charge in [0, 0.05) is 33.8 Å². The lowest BCUT2D eigenvalue weighted by Crippen LogP contribution is -2.09. The molecule has 0 saturated heterocycles. The summed E-state index contributed by atoms with van der Waals surface area (Å²) in [6, 6.07) is 59.7. The average molecular weight is 681 g/mol. The first kappa shape index (κ1) is 30.3. The molecule has 0 bridgehead atoms. The first-order chi connectivity index (χ1) is 26.2. The lowest BCUT2D eigenvalue weighted by molar-refractivity contribution is 0.619. The number of nitriles is 1. The van der Waals surface area contributed by atoms with Crippen molar-refractivity contribution < 1.29 is 8.83 Å². The van der Waals surface area contributed by atoms with Crippen molar-refractivity contribution in [3.05, 3.63) is 175 Å². The van der Waals surface area contributed by atoms with E-state index in [0.29, 0.717) is 17.3 Å². The minimum atomic E-state index is 0.583. The maximum atomic E-state index is 10.0. The average Bonchev–Trinajstić information content (AvgIpc) is 3.86. The second-order valence-electron chi connectivity index (χ2n) is 13.0. The molecule has 0 amide bonds. The standard InChI is InChI=1S/C47H28N4O2/c48-29-37-26-32-7-1-2-8-33(32)28-41(37)36-14-13-35-27-40(24-19-34(35)25-36)51(38-20-15-30(16-21-38)46-49-42-9-3-5-11-44(42)52-46)39-22-17-31(18-23-39)47-50-43-10-4-6-12-45(43)53-47/h1-28H. The number of aromatic nitrogens is 2. The zero-order valence-electron chi connectivity index (χ0n) is 28.3. The van der Waals surface area contributed by atoms with Crippen LogP contribution in [-0.4, -0.2) is 9.97 Å². The summed E-state index contributed by atoms with van der Waals surface area (Å²) < 4.78 is 12.1. The van der Waals surface area contributed by atoms with Crippen molar-refractivity contribution in [2.75, 3.05) is 4.90 Å². The van der Waals surface area contributed by atoms with Gasteiger partial charge in [0.05, 0.1) is 11.6 Å². The van der Waals surface area contributed by atoms with Crippen LogP contribution < -0.4 is 4.90 Å². The van der Waals surface area contributed by atoms with Gasteiger partial charge in [-0.1, -0.05) is 66.7 Å². The maximum Gasteiger partial charge on any atom is 0.227 e. The van der Waals surface area contributed by atoms with Crippen molar-refractivity contribution in [1.82, 2.24) is 9.97 Å². The second-order valence-corrected chi connectivity index (χ2v) is 13.0. The first-order valence-electron chi connectivity index (χ1n) is 17.4. The van der Waals surface area contributed by atoms with Crippen molar-refractivity contribution in [3.8, 4) is 40.1 Å². The number of anilines is 3. The van der Waals surface area contributed by atoms with E-state index in [9.17, 15) is 5.26 Å². The Labute approximate surface area is 304 Å². The number of fused-ring (bicyclic) bond motifs is 4. The molecular formula is C47H28N4O2. The van der Waals surface area contributed by atoms with Gasteiger partial charge < -0.3 is 13.7 Å². The molecule has 6 nitrogen and oxygen atoms in total. The largest absolute Gasteiger partial charge is 0.436 e. The fourth-order valence-electron chi connectivity index (χ4n) is 7.06. The molecule has 0 spiro atoms. The monoisotopic (exact) mass is 680 g/mol. The molecule has 2 heterocycles. The lowest BCUT2D eigenvalue weighted by Gasteiger charge is -2.26. The number of para-hydroxylation sites is 4. The van der Waals surface area contributed by atoms with E-state index in [1.165, 1.54) is 0 Å². The number of rotatable bonds is 6. The Morgan fingerprint density at radius 1 is 0.434 bits per heavy atom. The van der Waals surface area contributed by atoms with Gasteiger partial charge in [0.25, 0.3) is 0 Å². The van der Waals surface area contributed by atoms with Gasteiger partial charge in [-0.2, -0.15) is 5.26 Å². The van der Waals surface area contributed by atoms with Crippen LogP contribution in [0.4, 0.5) is 17.1 Å². The molecule has 10 aromatic rings. The van der Waals surface area contributed by atoms with E-state index in [4.69, 9.17) is 18.8 Å². The molecule has 0 unspecified atom stereocenters. The van der Waals surface area contributed by atoms with Crippen molar-refractivity contribution >= 4 is 60.8 Å². The van der Waals surface area contributed by atoms with Gasteiger partial charge in [0.2, 0.25) is 11.8 Å². The summed E-state index contributed by atoms with van der Waals surface area (Å²) in [4.78, 5) is 11.6. The van der Waals surface area contributed by atoms with E-state index in [-0.39, 0.29) is 0 Å². The SMILES string of the molecule is N#Cc1cc2ccccc2cc1-c1ccc2cc(N(c3ccc(-c4nc5ccccc5o4)cc3)c3ccc(-c4nc5ccccc5o4)cc3)ccc2c1. The Morgan fingerprint density at radius 3 is 1.49 bits per heavy atom. The molecular weight excluding hydrogens is 653 g/mol. The van der Waals surface area contributed by atoms with Gasteiger partial charge in [-0.3, -0.25) is 0 Å². The molecule has 10 rings (SSSR count). The normalized spacial score (nSPS) is 11.4. The fourth-order valence-corrected chi connectivity index (χ4v) is 7.06. The van der Waals surface area contributed by atoms with Crippen LogP contribution in [0.1, 0.15) is 5.56 Å². The highest BCUT2D eigenvalue weighted by Crippen LogP contribution is 2.39. The van der Waals surface area contributed by atoms with E-state index in [2.05, 4.69) is 83.8 Å². The fraction of sp³-hybridized carbons (Fsp3) is 0. The molecule has 0 radical (unpaired) electrons. The van der Waals surface area contributed by atoms with Crippen LogP contribution >= 0.6 is 0 Å². The third kappa shape index (κ3) is 5.45. The molecule has 0 aliphatic carbocycles. The molecule has 0 aliphatic heterocycles. The van der Waals surface area contributed by atoms with Gasteiger partial charge in [-0.15, -0.1) is 0 Å². The van der Waals surface area contributed by atoms with E-state index < -0.39 is 0 Å². The van der Waals surface area contributed by atoms with E-state index in [1.807, 2.05) is 97.1 Å². The van der Waals surface area contributed by atoms with Gasteiger partial charge in [-0.25, -0.2) is 9.97 Å². The summed E-state index contributed by atoms with van der Waals surface area (Å²) in [6.07, 6.45) is 0. The number of oxazole rings is 2. The first-order valence-corrected chi connectivity index (χ1v) is 17.4. The summed E-state index contributed by atoms with van der Waals surface area (Å²) in [5.74, 6) is 1.17. The molecule has 8 aromatic carbocycles. The molecule has 0 atom stereocenters. The van der Waals surface area contributed by atoms with Crippen molar-refractivity contribution in [2.24, 2.45) is 0 Å². The maximum absolute atomic E-state index is 10.0. The van der Waals surface area contributed by atoms with Crippen LogP contribution in [0.3, 0.4) is 0 Å². The van der Waals surface area contributed by atoms with Crippen LogP contribution in [0.25, 0.3) is 77.8 Å². The number of hydrogen-bond donors (Lipinski definition) is 0. The molecule has 53 heavy (non-hydrogen) atoms.